The number of carbonyl (C=O) groups is 1. The molecule has 0 amide bonds. The molecule has 0 aromatic carbocycles. The fourth-order valence-electron chi connectivity index (χ4n) is 0.481. The minimum Gasteiger partial charge on any atom is -0.303 e. The molecule has 0 radical (unpaired) electrons. The van der Waals surface area contributed by atoms with Crippen molar-refractivity contribution < 1.29 is 4.79 Å². The van der Waals surface area contributed by atoms with Crippen molar-refractivity contribution in [1.82, 2.24) is 0 Å². The number of hydrogen-bond donors (Lipinski definition) is 0. The van der Waals surface area contributed by atoms with Gasteiger partial charge in [0, 0.05) is 5.92 Å². The Kier molecular flexibility index (Phi) is 13.5. The predicted octanol–water partition coefficient (Wildman–Crippen LogP) is 2.65. The summed E-state index contributed by atoms with van der Waals surface area (Å²) < 4.78 is 0. The lowest BCUT2D eigenvalue weighted by Gasteiger charge is -1.97. The van der Waals surface area contributed by atoms with E-state index in [1.54, 1.807) is 0 Å². The molecule has 0 aliphatic rings. The summed E-state index contributed by atoms with van der Waals surface area (Å²) in [5.41, 5.74) is 0. The van der Waals surface area contributed by atoms with Crippen LogP contribution in [0.4, 0.5) is 0 Å². The Morgan fingerprint density at radius 3 is 1.56 bits per heavy atom. The van der Waals surface area contributed by atoms with Gasteiger partial charge < -0.3 is 4.79 Å². The van der Waals surface area contributed by atoms with E-state index in [1.165, 1.54) is 0 Å². The molecular weight excluding hydrogens is 112 g/mol. The van der Waals surface area contributed by atoms with E-state index in [2.05, 4.69) is 0 Å². The molecule has 9 heavy (non-hydrogen) atoms. The third-order valence-corrected chi connectivity index (χ3v) is 1.24. The smallest absolute Gasteiger partial charge is 0.123 e. The van der Waals surface area contributed by atoms with Gasteiger partial charge in [-0.1, -0.05) is 27.7 Å². The van der Waals surface area contributed by atoms with Gasteiger partial charge in [0.05, 0.1) is 0 Å². The standard InChI is InChI=1S/C6H12O.C2H6/c1-3-6(4-2)5-7;1-2/h5-6H,3-4H2,1-2H3;1-2H3. The molecule has 0 heterocycles. The van der Waals surface area contributed by atoms with Crippen molar-refractivity contribution in [3.63, 3.8) is 0 Å². The minimum absolute atomic E-state index is 0.306. The molecule has 0 aromatic heterocycles. The van der Waals surface area contributed by atoms with Crippen molar-refractivity contribution in [3.05, 3.63) is 0 Å². The second-order valence-electron chi connectivity index (χ2n) is 1.71. The van der Waals surface area contributed by atoms with Gasteiger partial charge in [-0.15, -0.1) is 0 Å². The fourth-order valence-corrected chi connectivity index (χ4v) is 0.481. The zero-order chi connectivity index (χ0) is 7.70. The topological polar surface area (TPSA) is 17.1 Å². The first-order valence-corrected chi connectivity index (χ1v) is 3.80. The molecule has 0 aromatic rings. The number of rotatable bonds is 3. The van der Waals surface area contributed by atoms with Crippen molar-refractivity contribution in [2.75, 3.05) is 0 Å². The Morgan fingerprint density at radius 1 is 1.22 bits per heavy atom. The zero-order valence-corrected chi connectivity index (χ0v) is 6.98. The fraction of sp³-hybridized carbons (Fsp3) is 0.875. The molecule has 0 fully saturated rings. The summed E-state index contributed by atoms with van der Waals surface area (Å²) in [4.78, 5) is 9.97. The van der Waals surface area contributed by atoms with Crippen LogP contribution in [0.2, 0.25) is 0 Å². The summed E-state index contributed by atoms with van der Waals surface area (Å²) in [5.74, 6) is 0.306. The number of hydrogen-bond acceptors (Lipinski definition) is 1. The summed E-state index contributed by atoms with van der Waals surface area (Å²) in [5, 5.41) is 0. The van der Waals surface area contributed by atoms with E-state index in [9.17, 15) is 4.79 Å². The van der Waals surface area contributed by atoms with Crippen LogP contribution in [0.1, 0.15) is 40.5 Å². The monoisotopic (exact) mass is 130 g/mol. The molecule has 1 heteroatoms. The first-order chi connectivity index (χ1) is 4.35. The van der Waals surface area contributed by atoms with Crippen LogP contribution < -0.4 is 0 Å². The average molecular weight is 130 g/mol. The Labute approximate surface area is 58.5 Å². The molecule has 0 unspecified atom stereocenters. The summed E-state index contributed by atoms with van der Waals surface area (Å²) in [6.45, 7) is 8.06. The van der Waals surface area contributed by atoms with Crippen LogP contribution in [0.15, 0.2) is 0 Å². The summed E-state index contributed by atoms with van der Waals surface area (Å²) in [6.07, 6.45) is 3.00. The summed E-state index contributed by atoms with van der Waals surface area (Å²) >= 11 is 0. The highest BCUT2D eigenvalue weighted by atomic mass is 16.1. The molecule has 0 bridgehead atoms. The highest BCUT2D eigenvalue weighted by Crippen LogP contribution is 2.01. The number of aldehydes is 1. The van der Waals surface area contributed by atoms with Crippen LogP contribution in [0.25, 0.3) is 0 Å². The molecule has 0 aliphatic heterocycles. The van der Waals surface area contributed by atoms with Gasteiger partial charge in [0.15, 0.2) is 0 Å². The SMILES string of the molecule is CC.CCC(C=O)CC. The third-order valence-electron chi connectivity index (χ3n) is 1.24. The lowest BCUT2D eigenvalue weighted by molar-refractivity contribution is -0.111. The quantitative estimate of drug-likeness (QED) is 0.537. The summed E-state index contributed by atoms with van der Waals surface area (Å²) in [7, 11) is 0. The summed E-state index contributed by atoms with van der Waals surface area (Å²) in [6, 6.07) is 0. The normalized spacial score (nSPS) is 8.11. The van der Waals surface area contributed by atoms with Crippen LogP contribution in [-0.4, -0.2) is 6.29 Å². The van der Waals surface area contributed by atoms with E-state index in [0.717, 1.165) is 19.1 Å². The van der Waals surface area contributed by atoms with Crippen LogP contribution >= 0.6 is 0 Å². The molecule has 0 spiro atoms. The molecule has 0 saturated carbocycles. The Morgan fingerprint density at radius 2 is 1.56 bits per heavy atom. The van der Waals surface area contributed by atoms with E-state index in [0.29, 0.717) is 5.92 Å². The van der Waals surface area contributed by atoms with E-state index in [4.69, 9.17) is 0 Å². The Hall–Kier alpha value is -0.330. The average Bonchev–Trinajstić information content (AvgIpc) is 1.96. The maximum atomic E-state index is 9.97. The van der Waals surface area contributed by atoms with E-state index >= 15 is 0 Å². The third kappa shape index (κ3) is 7.67. The molecule has 0 rings (SSSR count). The lowest BCUT2D eigenvalue weighted by Crippen LogP contribution is -1.95. The van der Waals surface area contributed by atoms with E-state index in [-0.39, 0.29) is 0 Å². The second kappa shape index (κ2) is 10.6. The maximum Gasteiger partial charge on any atom is 0.123 e. The maximum absolute atomic E-state index is 9.97. The first kappa shape index (κ1) is 11.5. The first-order valence-electron chi connectivity index (χ1n) is 3.80. The van der Waals surface area contributed by atoms with Crippen LogP contribution in [0, 0.1) is 5.92 Å². The Bertz CT molecular complexity index is 46.5. The molecular formula is C8H18O. The Balaban J connectivity index is 0. The number of carbonyl (C=O) groups excluding carboxylic acids is 1. The lowest BCUT2D eigenvalue weighted by atomic mass is 10.1. The molecule has 56 valence electrons. The minimum atomic E-state index is 0.306. The van der Waals surface area contributed by atoms with Gasteiger partial charge in [-0.25, -0.2) is 0 Å². The predicted molar refractivity (Wildman–Crippen MR) is 41.5 cm³/mol. The van der Waals surface area contributed by atoms with Crippen molar-refractivity contribution in [2.24, 2.45) is 5.92 Å². The van der Waals surface area contributed by atoms with Crippen LogP contribution in [0.3, 0.4) is 0 Å². The van der Waals surface area contributed by atoms with E-state index in [1.807, 2.05) is 27.7 Å². The van der Waals surface area contributed by atoms with Gasteiger partial charge in [-0.2, -0.15) is 0 Å². The van der Waals surface area contributed by atoms with Crippen LogP contribution in [0.5, 0.6) is 0 Å². The van der Waals surface area contributed by atoms with E-state index < -0.39 is 0 Å². The van der Waals surface area contributed by atoms with Gasteiger partial charge in [0.25, 0.3) is 0 Å². The molecule has 0 saturated heterocycles. The largest absolute Gasteiger partial charge is 0.303 e. The molecule has 0 atom stereocenters. The molecule has 0 aliphatic carbocycles. The molecule has 1 nitrogen and oxygen atoms in total. The van der Waals surface area contributed by atoms with Gasteiger partial charge in [0.2, 0.25) is 0 Å². The van der Waals surface area contributed by atoms with Gasteiger partial charge in [0.1, 0.15) is 6.29 Å². The van der Waals surface area contributed by atoms with Crippen LogP contribution in [-0.2, 0) is 4.79 Å². The molecule has 0 N–H and O–H groups in total. The van der Waals surface area contributed by atoms with Gasteiger partial charge >= 0.3 is 0 Å². The van der Waals surface area contributed by atoms with Gasteiger partial charge in [-0.3, -0.25) is 0 Å². The highest BCUT2D eigenvalue weighted by Gasteiger charge is 1.96. The van der Waals surface area contributed by atoms with Crippen molar-refractivity contribution in [1.29, 1.82) is 0 Å². The van der Waals surface area contributed by atoms with Crippen molar-refractivity contribution >= 4 is 6.29 Å². The highest BCUT2D eigenvalue weighted by molar-refractivity contribution is 5.52. The second-order valence-corrected chi connectivity index (χ2v) is 1.71. The van der Waals surface area contributed by atoms with Gasteiger partial charge in [-0.05, 0) is 12.8 Å². The van der Waals surface area contributed by atoms with Crippen molar-refractivity contribution in [2.45, 2.75) is 40.5 Å². The zero-order valence-electron chi connectivity index (χ0n) is 6.98. The van der Waals surface area contributed by atoms with Crippen molar-refractivity contribution in [3.8, 4) is 0 Å².